The van der Waals surface area contributed by atoms with E-state index in [2.05, 4.69) is 65.7 Å². The van der Waals surface area contributed by atoms with Gasteiger partial charge in [0.15, 0.2) is 0 Å². The van der Waals surface area contributed by atoms with E-state index in [4.69, 9.17) is 0 Å². The minimum atomic E-state index is 0.214. The Morgan fingerprint density at radius 3 is 1.95 bits per heavy atom. The van der Waals surface area contributed by atoms with Crippen LogP contribution in [0.3, 0.4) is 0 Å². The highest BCUT2D eigenvalue weighted by molar-refractivity contribution is 4.85. The summed E-state index contributed by atoms with van der Waals surface area (Å²) >= 11 is 0. The Morgan fingerprint density at radius 1 is 1.05 bits per heavy atom. The molecule has 0 unspecified atom stereocenters. The third-order valence-corrected chi connectivity index (χ3v) is 4.19. The molecule has 0 heterocycles. The van der Waals surface area contributed by atoms with Crippen LogP contribution in [0.25, 0.3) is 0 Å². The first kappa shape index (κ1) is 18.9. The van der Waals surface area contributed by atoms with Gasteiger partial charge in [-0.15, -0.1) is 0 Å². The normalized spacial score (nSPS) is 13.6. The van der Waals surface area contributed by atoms with Crippen LogP contribution in [0.1, 0.15) is 67.7 Å². The van der Waals surface area contributed by atoms with Gasteiger partial charge in [-0.3, -0.25) is 0 Å². The molecule has 0 aliphatic rings. The molecule has 0 saturated carbocycles. The summed E-state index contributed by atoms with van der Waals surface area (Å²) in [6, 6.07) is 0. The maximum atomic E-state index is 3.71. The molecule has 0 amide bonds. The highest BCUT2D eigenvalue weighted by atomic mass is 15.1. The Balaban J connectivity index is 4.44. The topological polar surface area (TPSA) is 15.3 Å². The van der Waals surface area contributed by atoms with Gasteiger partial charge < -0.3 is 10.2 Å². The van der Waals surface area contributed by atoms with E-state index in [1.807, 2.05) is 0 Å². The molecule has 2 nitrogen and oxygen atoms in total. The molecule has 0 aliphatic heterocycles. The van der Waals surface area contributed by atoms with E-state index in [1.165, 1.54) is 32.4 Å². The molecule has 1 N–H and O–H groups in total. The molecule has 19 heavy (non-hydrogen) atoms. The summed E-state index contributed by atoms with van der Waals surface area (Å²) in [7, 11) is 2.28. The first-order valence-corrected chi connectivity index (χ1v) is 8.07. The van der Waals surface area contributed by atoms with Crippen molar-refractivity contribution in [3.05, 3.63) is 0 Å². The van der Waals surface area contributed by atoms with Crippen molar-refractivity contribution in [1.29, 1.82) is 0 Å². The standard InChI is InChI=1S/C17H38N2/c1-9-17(10-2,13-18-16(5,6)7)14-19(8)12-11-15(3)4/h15,18H,9-14H2,1-8H3. The van der Waals surface area contributed by atoms with Gasteiger partial charge in [0.05, 0.1) is 0 Å². The molecule has 0 aromatic rings. The molecule has 0 spiro atoms. The van der Waals surface area contributed by atoms with E-state index in [9.17, 15) is 0 Å². The van der Waals surface area contributed by atoms with Gasteiger partial charge in [0.1, 0.15) is 0 Å². The molecule has 0 radical (unpaired) electrons. The van der Waals surface area contributed by atoms with Crippen LogP contribution in [0.4, 0.5) is 0 Å². The lowest BCUT2D eigenvalue weighted by Gasteiger charge is -2.38. The number of hydrogen-bond donors (Lipinski definition) is 1. The third-order valence-electron chi connectivity index (χ3n) is 4.19. The van der Waals surface area contributed by atoms with Gasteiger partial charge in [-0.1, -0.05) is 27.7 Å². The van der Waals surface area contributed by atoms with Crippen molar-refractivity contribution >= 4 is 0 Å². The van der Waals surface area contributed by atoms with E-state index in [-0.39, 0.29) is 5.54 Å². The molecule has 2 heteroatoms. The van der Waals surface area contributed by atoms with Crippen LogP contribution < -0.4 is 5.32 Å². The zero-order chi connectivity index (χ0) is 15.1. The summed E-state index contributed by atoms with van der Waals surface area (Å²) < 4.78 is 0. The van der Waals surface area contributed by atoms with Gasteiger partial charge in [-0.05, 0) is 65.0 Å². The summed E-state index contributed by atoms with van der Waals surface area (Å²) in [6.07, 6.45) is 3.80. The predicted octanol–water partition coefficient (Wildman–Crippen LogP) is 4.16. The lowest BCUT2D eigenvalue weighted by molar-refractivity contribution is 0.141. The van der Waals surface area contributed by atoms with Gasteiger partial charge in [0.25, 0.3) is 0 Å². The van der Waals surface area contributed by atoms with Gasteiger partial charge in [0.2, 0.25) is 0 Å². The van der Waals surface area contributed by atoms with E-state index in [0.717, 1.165) is 12.5 Å². The van der Waals surface area contributed by atoms with Crippen molar-refractivity contribution in [2.75, 3.05) is 26.7 Å². The van der Waals surface area contributed by atoms with Crippen LogP contribution in [0.5, 0.6) is 0 Å². The summed E-state index contributed by atoms with van der Waals surface area (Å²) in [5.41, 5.74) is 0.630. The molecule has 0 fully saturated rings. The summed E-state index contributed by atoms with van der Waals surface area (Å²) in [6.45, 7) is 19.6. The fraction of sp³-hybridized carbons (Fsp3) is 1.00. The molecule has 0 aromatic heterocycles. The molecule has 0 aromatic carbocycles. The van der Waals surface area contributed by atoms with Gasteiger partial charge in [-0.25, -0.2) is 0 Å². The lowest BCUT2D eigenvalue weighted by Crippen LogP contribution is -2.48. The Labute approximate surface area is 122 Å². The highest BCUT2D eigenvalue weighted by Gasteiger charge is 2.29. The van der Waals surface area contributed by atoms with Crippen LogP contribution in [0, 0.1) is 11.3 Å². The van der Waals surface area contributed by atoms with Gasteiger partial charge >= 0.3 is 0 Å². The monoisotopic (exact) mass is 270 g/mol. The van der Waals surface area contributed by atoms with Gasteiger partial charge in [0, 0.05) is 18.6 Å². The average Bonchev–Trinajstić information content (AvgIpc) is 2.31. The second-order valence-corrected chi connectivity index (χ2v) is 7.73. The van der Waals surface area contributed by atoms with Crippen molar-refractivity contribution < 1.29 is 0 Å². The molecule has 116 valence electrons. The molecular formula is C17H38N2. The van der Waals surface area contributed by atoms with Crippen LogP contribution in [-0.2, 0) is 0 Å². The highest BCUT2D eigenvalue weighted by Crippen LogP contribution is 2.27. The first-order chi connectivity index (χ1) is 8.64. The van der Waals surface area contributed by atoms with Crippen LogP contribution in [-0.4, -0.2) is 37.1 Å². The van der Waals surface area contributed by atoms with E-state index >= 15 is 0 Å². The quantitative estimate of drug-likeness (QED) is 0.677. The van der Waals surface area contributed by atoms with Crippen molar-refractivity contribution in [3.8, 4) is 0 Å². The Bertz CT molecular complexity index is 224. The summed E-state index contributed by atoms with van der Waals surface area (Å²) in [4.78, 5) is 2.53. The fourth-order valence-electron chi connectivity index (χ4n) is 2.36. The smallest absolute Gasteiger partial charge is 0.00967 e. The van der Waals surface area contributed by atoms with Crippen molar-refractivity contribution in [3.63, 3.8) is 0 Å². The Morgan fingerprint density at radius 2 is 1.58 bits per heavy atom. The largest absolute Gasteiger partial charge is 0.311 e. The SMILES string of the molecule is CCC(CC)(CNC(C)(C)C)CN(C)CCC(C)C. The predicted molar refractivity (Wildman–Crippen MR) is 87.7 cm³/mol. The van der Waals surface area contributed by atoms with Crippen LogP contribution in [0.2, 0.25) is 0 Å². The molecule has 0 bridgehead atoms. The third kappa shape index (κ3) is 8.65. The zero-order valence-electron chi connectivity index (χ0n) is 14.8. The van der Waals surface area contributed by atoms with Gasteiger partial charge in [-0.2, -0.15) is 0 Å². The minimum Gasteiger partial charge on any atom is -0.311 e. The number of nitrogens with one attached hydrogen (secondary N) is 1. The number of rotatable bonds is 9. The second kappa shape index (κ2) is 8.26. The molecule has 0 saturated heterocycles. The molecule has 0 rings (SSSR count). The van der Waals surface area contributed by atoms with Crippen molar-refractivity contribution in [2.24, 2.45) is 11.3 Å². The molecule has 0 atom stereocenters. The van der Waals surface area contributed by atoms with E-state index in [1.54, 1.807) is 0 Å². The zero-order valence-corrected chi connectivity index (χ0v) is 14.8. The maximum Gasteiger partial charge on any atom is 0.00967 e. The average molecular weight is 271 g/mol. The number of hydrogen-bond acceptors (Lipinski definition) is 2. The first-order valence-electron chi connectivity index (χ1n) is 8.07. The maximum absolute atomic E-state index is 3.71. The van der Waals surface area contributed by atoms with E-state index < -0.39 is 0 Å². The van der Waals surface area contributed by atoms with E-state index in [0.29, 0.717) is 5.41 Å². The van der Waals surface area contributed by atoms with Crippen molar-refractivity contribution in [1.82, 2.24) is 10.2 Å². The Hall–Kier alpha value is -0.0800. The fourth-order valence-corrected chi connectivity index (χ4v) is 2.36. The van der Waals surface area contributed by atoms with Crippen LogP contribution >= 0.6 is 0 Å². The van der Waals surface area contributed by atoms with Crippen LogP contribution in [0.15, 0.2) is 0 Å². The summed E-state index contributed by atoms with van der Waals surface area (Å²) in [5.74, 6) is 0.799. The molecule has 0 aliphatic carbocycles. The lowest BCUT2D eigenvalue weighted by atomic mass is 9.81. The second-order valence-electron chi connectivity index (χ2n) is 7.73. The summed E-state index contributed by atoms with van der Waals surface area (Å²) in [5, 5.41) is 3.71. The Kier molecular flexibility index (Phi) is 8.23. The molecular weight excluding hydrogens is 232 g/mol. The number of nitrogens with zero attached hydrogens (tertiary/aromatic N) is 1. The van der Waals surface area contributed by atoms with Crippen molar-refractivity contribution in [2.45, 2.75) is 73.3 Å². The minimum absolute atomic E-state index is 0.214.